The van der Waals surface area contributed by atoms with Crippen LogP contribution < -0.4 is 0 Å². The van der Waals surface area contributed by atoms with Gasteiger partial charge in [-0.2, -0.15) is 0 Å². The summed E-state index contributed by atoms with van der Waals surface area (Å²) in [5, 5.41) is 5.04. The Morgan fingerprint density at radius 3 is 2.03 bits per heavy atom. The maximum Gasteiger partial charge on any atom is 0.0717 e. The molecule has 0 radical (unpaired) electrons. The summed E-state index contributed by atoms with van der Waals surface area (Å²) >= 11 is 12.6. The molecule has 4 aromatic rings. The molecule has 0 spiro atoms. The van der Waals surface area contributed by atoms with E-state index >= 15 is 0 Å². The largest absolute Gasteiger partial charge is 0.256 e. The number of halogens is 2. The summed E-state index contributed by atoms with van der Waals surface area (Å²) in [4.78, 5) is 4.42. The van der Waals surface area contributed by atoms with Crippen LogP contribution in [-0.4, -0.2) is 4.98 Å². The van der Waals surface area contributed by atoms with E-state index in [1.165, 1.54) is 16.5 Å². The van der Waals surface area contributed by atoms with E-state index in [0.717, 1.165) is 26.3 Å². The molecule has 164 valence electrons. The Labute approximate surface area is 197 Å². The van der Waals surface area contributed by atoms with Crippen molar-refractivity contribution >= 4 is 44.9 Å². The molecule has 0 aliphatic rings. The third-order valence-corrected chi connectivity index (χ3v) is 5.95. The van der Waals surface area contributed by atoms with E-state index in [1.807, 2.05) is 36.5 Å². The molecule has 1 nitrogen and oxygen atoms in total. The van der Waals surface area contributed by atoms with Crippen LogP contribution in [0, 0.1) is 0 Å². The lowest BCUT2D eigenvalue weighted by Crippen LogP contribution is -2.11. The fourth-order valence-corrected chi connectivity index (χ4v) is 4.08. The quantitative estimate of drug-likeness (QED) is 0.258. The summed E-state index contributed by atoms with van der Waals surface area (Å²) < 4.78 is 0. The van der Waals surface area contributed by atoms with Crippen molar-refractivity contribution in [1.29, 1.82) is 0 Å². The SMILES string of the molecule is C.CC(C)(C)c1ccc2ccccc2c1Cl.CC(C)(C)c1cnc2cccc(Cl)c2c1. The highest BCUT2D eigenvalue weighted by Gasteiger charge is 2.18. The van der Waals surface area contributed by atoms with Gasteiger partial charge in [0, 0.05) is 22.0 Å². The zero-order valence-corrected chi connectivity index (χ0v) is 20.1. The first-order valence-corrected chi connectivity index (χ1v) is 11.0. The number of benzene rings is 3. The molecule has 1 aromatic heterocycles. The van der Waals surface area contributed by atoms with Crippen LogP contribution in [-0.2, 0) is 10.8 Å². The minimum atomic E-state index is 0. The topological polar surface area (TPSA) is 12.9 Å². The van der Waals surface area contributed by atoms with Gasteiger partial charge in [-0.15, -0.1) is 0 Å². The van der Waals surface area contributed by atoms with Gasteiger partial charge in [0.15, 0.2) is 0 Å². The highest BCUT2D eigenvalue weighted by Crippen LogP contribution is 2.34. The van der Waals surface area contributed by atoms with E-state index in [4.69, 9.17) is 23.2 Å². The molecule has 0 aliphatic carbocycles. The van der Waals surface area contributed by atoms with Crippen LogP contribution in [0.25, 0.3) is 21.7 Å². The van der Waals surface area contributed by atoms with Gasteiger partial charge < -0.3 is 0 Å². The molecule has 3 heteroatoms. The molecule has 0 saturated heterocycles. The molecule has 3 aromatic carbocycles. The van der Waals surface area contributed by atoms with Crippen molar-refractivity contribution in [2.45, 2.75) is 59.8 Å². The van der Waals surface area contributed by atoms with E-state index in [-0.39, 0.29) is 18.3 Å². The molecule has 0 aliphatic heterocycles. The number of aromatic nitrogens is 1. The molecule has 0 amide bonds. The Morgan fingerprint density at radius 2 is 1.39 bits per heavy atom. The van der Waals surface area contributed by atoms with Crippen LogP contribution in [0.1, 0.15) is 60.1 Å². The number of rotatable bonds is 0. The normalized spacial score (nSPS) is 11.6. The molecule has 0 bridgehead atoms. The van der Waals surface area contributed by atoms with Crippen molar-refractivity contribution in [3.63, 3.8) is 0 Å². The first-order valence-electron chi connectivity index (χ1n) is 10.2. The highest BCUT2D eigenvalue weighted by molar-refractivity contribution is 6.36. The predicted molar refractivity (Wildman–Crippen MR) is 140 cm³/mol. The molecule has 0 fully saturated rings. The van der Waals surface area contributed by atoms with Crippen LogP contribution >= 0.6 is 23.2 Å². The number of hydrogen-bond acceptors (Lipinski definition) is 1. The van der Waals surface area contributed by atoms with Crippen molar-refractivity contribution in [2.75, 3.05) is 0 Å². The van der Waals surface area contributed by atoms with E-state index in [2.05, 4.69) is 76.9 Å². The van der Waals surface area contributed by atoms with E-state index < -0.39 is 0 Å². The molecule has 0 unspecified atom stereocenters. The summed E-state index contributed by atoms with van der Waals surface area (Å²) in [5.74, 6) is 0. The van der Waals surface area contributed by atoms with Crippen molar-refractivity contribution < 1.29 is 0 Å². The average molecular weight is 454 g/mol. The van der Waals surface area contributed by atoms with Gasteiger partial charge in [-0.25, -0.2) is 0 Å². The summed E-state index contributed by atoms with van der Waals surface area (Å²) in [6.45, 7) is 13.1. The molecule has 4 rings (SSSR count). The predicted octanol–water partition coefficient (Wildman–Crippen LogP) is 9.61. The van der Waals surface area contributed by atoms with Gasteiger partial charge >= 0.3 is 0 Å². The second-order valence-corrected chi connectivity index (χ2v) is 10.5. The Morgan fingerprint density at radius 1 is 0.710 bits per heavy atom. The fourth-order valence-electron chi connectivity index (χ4n) is 3.34. The van der Waals surface area contributed by atoms with Crippen LogP contribution in [0.5, 0.6) is 0 Å². The van der Waals surface area contributed by atoms with E-state index in [1.54, 1.807) is 0 Å². The molecule has 0 N–H and O–H groups in total. The third-order valence-electron chi connectivity index (χ3n) is 5.21. The Kier molecular flexibility index (Phi) is 7.79. The standard InChI is InChI=1S/C14H15Cl.C13H14ClN.CH4/c1-14(2,3)12-9-8-10-6-4-5-7-11(10)13(12)15;1-13(2,3)9-7-10-11(14)5-4-6-12(10)15-8-9;/h4-9H,1-3H3;4-8H,1-3H3;1H4. The van der Waals surface area contributed by atoms with Crippen LogP contribution in [0.3, 0.4) is 0 Å². The van der Waals surface area contributed by atoms with Crippen molar-refractivity contribution in [3.05, 3.63) is 88.0 Å². The maximum absolute atomic E-state index is 6.43. The van der Waals surface area contributed by atoms with Gasteiger partial charge in [-0.05, 0) is 45.5 Å². The number of nitrogens with zero attached hydrogens (tertiary/aromatic N) is 1. The molecular formula is C28H33Cl2N. The number of hydrogen-bond donors (Lipinski definition) is 0. The summed E-state index contributed by atoms with van der Waals surface area (Å²) in [7, 11) is 0. The Balaban J connectivity index is 0.000000213. The third kappa shape index (κ3) is 5.79. The van der Waals surface area contributed by atoms with Gasteiger partial charge in [0.2, 0.25) is 0 Å². The van der Waals surface area contributed by atoms with Gasteiger partial charge in [0.05, 0.1) is 10.5 Å². The fraction of sp³-hybridized carbons (Fsp3) is 0.321. The minimum absolute atomic E-state index is 0. The first-order chi connectivity index (χ1) is 14.0. The molecule has 0 atom stereocenters. The summed E-state index contributed by atoms with van der Waals surface area (Å²) in [6.07, 6.45) is 1.93. The molecule has 1 heterocycles. The smallest absolute Gasteiger partial charge is 0.0717 e. The Bertz CT molecular complexity index is 1170. The van der Waals surface area contributed by atoms with E-state index in [9.17, 15) is 0 Å². The van der Waals surface area contributed by atoms with Crippen LogP contribution in [0.2, 0.25) is 10.0 Å². The van der Waals surface area contributed by atoms with Crippen LogP contribution in [0.15, 0.2) is 66.9 Å². The lowest BCUT2D eigenvalue weighted by Gasteiger charge is -2.21. The molecular weight excluding hydrogens is 421 g/mol. The second kappa shape index (κ2) is 9.59. The molecule has 0 saturated carbocycles. The monoisotopic (exact) mass is 453 g/mol. The van der Waals surface area contributed by atoms with Crippen LogP contribution in [0.4, 0.5) is 0 Å². The van der Waals surface area contributed by atoms with Gasteiger partial charge in [-0.3, -0.25) is 4.98 Å². The van der Waals surface area contributed by atoms with Gasteiger partial charge in [0.1, 0.15) is 0 Å². The first kappa shape index (κ1) is 25.2. The number of pyridine rings is 1. The number of fused-ring (bicyclic) bond motifs is 2. The zero-order valence-electron chi connectivity index (χ0n) is 18.6. The molecule has 31 heavy (non-hydrogen) atoms. The lowest BCUT2D eigenvalue weighted by atomic mass is 9.86. The van der Waals surface area contributed by atoms with Crippen molar-refractivity contribution in [2.24, 2.45) is 0 Å². The summed E-state index contributed by atoms with van der Waals surface area (Å²) in [6, 6.07) is 20.4. The highest BCUT2D eigenvalue weighted by atomic mass is 35.5. The van der Waals surface area contributed by atoms with Crippen molar-refractivity contribution in [1.82, 2.24) is 4.98 Å². The van der Waals surface area contributed by atoms with Gasteiger partial charge in [0.25, 0.3) is 0 Å². The minimum Gasteiger partial charge on any atom is -0.256 e. The second-order valence-electron chi connectivity index (χ2n) is 9.68. The zero-order chi connectivity index (χ0) is 22.1. The summed E-state index contributed by atoms with van der Waals surface area (Å²) in [5.41, 5.74) is 3.59. The maximum atomic E-state index is 6.43. The van der Waals surface area contributed by atoms with Gasteiger partial charge in [-0.1, -0.05) is 115 Å². The van der Waals surface area contributed by atoms with Crippen molar-refractivity contribution in [3.8, 4) is 0 Å². The average Bonchev–Trinajstić information content (AvgIpc) is 2.67. The van der Waals surface area contributed by atoms with E-state index in [0.29, 0.717) is 0 Å². The lowest BCUT2D eigenvalue weighted by molar-refractivity contribution is 0.588. The Hall–Kier alpha value is -2.09.